The molecule has 38 heavy (non-hydrogen) atoms. The smallest absolute Gasteiger partial charge is 0.340 e. The van der Waals surface area contributed by atoms with Gasteiger partial charge in [0.1, 0.15) is 23.0 Å². The van der Waals surface area contributed by atoms with Crippen molar-refractivity contribution in [2.75, 3.05) is 0 Å². The third-order valence-electron chi connectivity index (χ3n) is 6.84. The summed E-state index contributed by atoms with van der Waals surface area (Å²) in [5, 5.41) is 18.4. The summed E-state index contributed by atoms with van der Waals surface area (Å²) in [5.74, 6) is -2.33. The maximum atomic E-state index is 13.0. The molecule has 0 saturated heterocycles. The van der Waals surface area contributed by atoms with Gasteiger partial charge in [-0.05, 0) is 49.4 Å². The summed E-state index contributed by atoms with van der Waals surface area (Å²) in [5.41, 5.74) is 2.39. The predicted octanol–water partition coefficient (Wildman–Crippen LogP) is 2.76. The number of benzene rings is 2. The van der Waals surface area contributed by atoms with Crippen molar-refractivity contribution in [1.82, 2.24) is 10.6 Å². The van der Waals surface area contributed by atoms with E-state index in [1.54, 1.807) is 57.2 Å². The van der Waals surface area contributed by atoms with Gasteiger partial charge in [0.15, 0.2) is 0 Å². The molecule has 0 bridgehead atoms. The molecule has 9 nitrogen and oxygen atoms in total. The highest BCUT2D eigenvalue weighted by Gasteiger charge is 2.28. The van der Waals surface area contributed by atoms with Gasteiger partial charge < -0.3 is 29.4 Å². The SMILES string of the molecule is Cc1oc2cc3oc(=O)c(CC(=O)N[C@H](C(=O)N[C@@H](C(=O)[O-])c4ccccc4)C(C)C)c(C)c3cc2c1C. The Morgan fingerprint density at radius 3 is 2.16 bits per heavy atom. The molecule has 9 heteroatoms. The molecule has 0 radical (unpaired) electrons. The summed E-state index contributed by atoms with van der Waals surface area (Å²) in [7, 11) is 0. The molecule has 2 amide bonds. The van der Waals surface area contributed by atoms with Crippen molar-refractivity contribution in [3.63, 3.8) is 0 Å². The van der Waals surface area contributed by atoms with E-state index in [1.165, 1.54) is 0 Å². The number of furan rings is 1. The van der Waals surface area contributed by atoms with Crippen molar-refractivity contribution < 1.29 is 28.3 Å². The van der Waals surface area contributed by atoms with E-state index in [0.717, 1.165) is 16.7 Å². The van der Waals surface area contributed by atoms with Crippen LogP contribution in [-0.2, 0) is 20.8 Å². The van der Waals surface area contributed by atoms with Gasteiger partial charge in [0.25, 0.3) is 0 Å². The molecule has 0 unspecified atom stereocenters. The molecule has 0 spiro atoms. The number of fused-ring (bicyclic) bond motifs is 2. The fraction of sp³-hybridized carbons (Fsp3) is 0.310. The fourth-order valence-corrected chi connectivity index (χ4v) is 4.51. The van der Waals surface area contributed by atoms with Gasteiger partial charge in [-0.1, -0.05) is 44.2 Å². The molecule has 2 N–H and O–H groups in total. The normalized spacial score (nSPS) is 13.0. The lowest BCUT2D eigenvalue weighted by Crippen LogP contribution is -2.53. The Morgan fingerprint density at radius 1 is 0.895 bits per heavy atom. The summed E-state index contributed by atoms with van der Waals surface area (Å²) in [6.07, 6.45) is -0.315. The van der Waals surface area contributed by atoms with Crippen LogP contribution in [0.15, 0.2) is 56.1 Å². The van der Waals surface area contributed by atoms with Gasteiger partial charge in [-0.15, -0.1) is 0 Å². The highest BCUT2D eigenvalue weighted by Crippen LogP contribution is 2.31. The highest BCUT2D eigenvalue weighted by atomic mass is 16.4. The van der Waals surface area contributed by atoms with Crippen LogP contribution in [0.4, 0.5) is 0 Å². The fourth-order valence-electron chi connectivity index (χ4n) is 4.51. The number of aryl methyl sites for hydroxylation is 3. The van der Waals surface area contributed by atoms with E-state index in [-0.39, 0.29) is 17.9 Å². The van der Waals surface area contributed by atoms with Crippen LogP contribution < -0.4 is 21.4 Å². The van der Waals surface area contributed by atoms with Crippen LogP contribution >= 0.6 is 0 Å². The van der Waals surface area contributed by atoms with Crippen LogP contribution in [0.2, 0.25) is 0 Å². The number of hydrogen-bond donors (Lipinski definition) is 2. The van der Waals surface area contributed by atoms with Crippen LogP contribution in [0.25, 0.3) is 21.9 Å². The number of nitrogens with one attached hydrogen (secondary N) is 2. The minimum atomic E-state index is -1.47. The Morgan fingerprint density at radius 2 is 1.53 bits per heavy atom. The standard InChI is InChI=1S/C29H30N2O7/c1-14(2)25(27(33)31-26(28(34)35)18-9-7-6-8-10-18)30-24(32)12-21-16(4)20-11-19-15(3)17(5)37-22(19)13-23(20)38-29(21)36/h6-11,13-14,25-26H,12H2,1-5H3,(H,30,32)(H,31,33)(H,34,35)/p-1/t25-,26+/m0/s1. The van der Waals surface area contributed by atoms with Crippen LogP contribution in [0.5, 0.6) is 0 Å². The van der Waals surface area contributed by atoms with Crippen LogP contribution in [0.3, 0.4) is 0 Å². The van der Waals surface area contributed by atoms with Crippen molar-refractivity contribution in [3.05, 3.63) is 80.9 Å². The molecule has 2 aromatic carbocycles. The minimum absolute atomic E-state index is 0.173. The third kappa shape index (κ3) is 5.18. The first-order chi connectivity index (χ1) is 18.0. The molecule has 0 fully saturated rings. The van der Waals surface area contributed by atoms with Crippen LogP contribution in [-0.4, -0.2) is 23.8 Å². The lowest BCUT2D eigenvalue weighted by Gasteiger charge is -2.26. The molecule has 198 valence electrons. The van der Waals surface area contributed by atoms with E-state index in [1.807, 2.05) is 19.9 Å². The monoisotopic (exact) mass is 517 g/mol. The quantitative estimate of drug-likeness (QED) is 0.342. The minimum Gasteiger partial charge on any atom is -0.548 e. The van der Waals surface area contributed by atoms with E-state index in [2.05, 4.69) is 10.6 Å². The first kappa shape index (κ1) is 26.7. The van der Waals surface area contributed by atoms with Gasteiger partial charge in [-0.2, -0.15) is 0 Å². The van der Waals surface area contributed by atoms with Crippen molar-refractivity contribution in [3.8, 4) is 0 Å². The topological polar surface area (TPSA) is 142 Å². The molecular weight excluding hydrogens is 488 g/mol. The zero-order valence-electron chi connectivity index (χ0n) is 21.8. The highest BCUT2D eigenvalue weighted by molar-refractivity contribution is 5.97. The van der Waals surface area contributed by atoms with E-state index in [9.17, 15) is 24.3 Å². The van der Waals surface area contributed by atoms with Gasteiger partial charge in [0.2, 0.25) is 11.8 Å². The van der Waals surface area contributed by atoms with Gasteiger partial charge >= 0.3 is 5.63 Å². The average molecular weight is 518 g/mol. The van der Waals surface area contributed by atoms with Crippen molar-refractivity contribution in [2.45, 2.75) is 53.1 Å². The molecule has 4 rings (SSSR count). The maximum Gasteiger partial charge on any atom is 0.340 e. The lowest BCUT2D eigenvalue weighted by molar-refractivity contribution is -0.308. The molecular formula is C29H29N2O7-. The second kappa shape index (κ2) is 10.5. The average Bonchev–Trinajstić information content (AvgIpc) is 3.14. The van der Waals surface area contributed by atoms with Gasteiger partial charge in [-0.25, -0.2) is 4.79 Å². The van der Waals surface area contributed by atoms with E-state index in [4.69, 9.17) is 8.83 Å². The zero-order chi connectivity index (χ0) is 27.7. The summed E-state index contributed by atoms with van der Waals surface area (Å²) >= 11 is 0. The largest absolute Gasteiger partial charge is 0.548 e. The van der Waals surface area contributed by atoms with E-state index >= 15 is 0 Å². The molecule has 4 aromatic rings. The summed E-state index contributed by atoms with van der Waals surface area (Å²) in [4.78, 5) is 50.6. The van der Waals surface area contributed by atoms with Gasteiger partial charge in [0, 0.05) is 16.8 Å². The summed E-state index contributed by atoms with van der Waals surface area (Å²) < 4.78 is 11.2. The van der Waals surface area contributed by atoms with Crippen LogP contribution in [0, 0.1) is 26.7 Å². The van der Waals surface area contributed by atoms with E-state index in [0.29, 0.717) is 27.7 Å². The van der Waals surface area contributed by atoms with Crippen LogP contribution in [0.1, 0.15) is 47.9 Å². The first-order valence-electron chi connectivity index (χ1n) is 12.3. The first-order valence-corrected chi connectivity index (χ1v) is 12.3. The van der Waals surface area contributed by atoms with Gasteiger partial charge in [-0.3, -0.25) is 9.59 Å². The van der Waals surface area contributed by atoms with E-state index < -0.39 is 35.5 Å². The molecule has 2 heterocycles. The lowest BCUT2D eigenvalue weighted by atomic mass is 9.99. The van der Waals surface area contributed by atoms with Crippen molar-refractivity contribution in [2.24, 2.45) is 5.92 Å². The second-order valence-corrected chi connectivity index (χ2v) is 9.76. The molecule has 0 aliphatic rings. The van der Waals surface area contributed by atoms with Gasteiger partial charge in [0.05, 0.1) is 24.0 Å². The Balaban J connectivity index is 1.57. The number of hydrogen-bond acceptors (Lipinski definition) is 7. The number of carbonyl (C=O) groups excluding carboxylic acids is 3. The zero-order valence-corrected chi connectivity index (χ0v) is 21.8. The Kier molecular flexibility index (Phi) is 7.39. The molecule has 0 aliphatic carbocycles. The predicted molar refractivity (Wildman–Crippen MR) is 139 cm³/mol. The summed E-state index contributed by atoms with van der Waals surface area (Å²) in [6.45, 7) is 8.98. The molecule has 0 saturated carbocycles. The number of rotatable bonds is 8. The number of carboxylic acids is 1. The maximum absolute atomic E-state index is 13.0. The van der Waals surface area contributed by atoms with Crippen molar-refractivity contribution >= 4 is 39.7 Å². The Hall–Kier alpha value is -4.40. The number of amides is 2. The summed E-state index contributed by atoms with van der Waals surface area (Å²) in [6, 6.07) is 9.26. The number of carbonyl (C=O) groups is 3. The molecule has 0 aliphatic heterocycles. The molecule has 2 atom stereocenters. The Labute approximate surface area is 218 Å². The second-order valence-electron chi connectivity index (χ2n) is 9.76. The Bertz CT molecular complexity index is 1600. The number of carboxylic acid groups (broad SMARTS) is 1. The molecule has 2 aromatic heterocycles. The van der Waals surface area contributed by atoms with Crippen molar-refractivity contribution in [1.29, 1.82) is 0 Å². The third-order valence-corrected chi connectivity index (χ3v) is 6.84. The number of aliphatic carboxylic acids is 1.